The van der Waals surface area contributed by atoms with Gasteiger partial charge in [-0.1, -0.05) is 132 Å². The molecule has 0 aliphatic heterocycles. The van der Waals surface area contributed by atoms with Gasteiger partial charge in [-0.2, -0.15) is 0 Å². The minimum Gasteiger partial charge on any atom is -0.756 e. The number of allylic oxidation sites excluding steroid dienone is 12. The minimum absolute atomic E-state index is 0.0457. The first kappa shape index (κ1) is 53.5. The Balaban J connectivity index is 4.50. The highest BCUT2D eigenvalue weighted by atomic mass is 31.2. The highest BCUT2D eigenvalue weighted by Gasteiger charge is 2.21. The topological polar surface area (TPSA) is 111 Å². The predicted molar refractivity (Wildman–Crippen MR) is 231 cm³/mol. The summed E-state index contributed by atoms with van der Waals surface area (Å²) >= 11 is 0. The monoisotopic (exact) mass is 806 g/mol. The van der Waals surface area contributed by atoms with Gasteiger partial charge in [-0.25, -0.2) is 0 Å². The average molecular weight is 806 g/mol. The number of unbranched alkanes of at least 4 members (excludes halogenated alkanes) is 12. The molecule has 0 heterocycles. The van der Waals surface area contributed by atoms with Crippen molar-refractivity contribution in [3.8, 4) is 0 Å². The van der Waals surface area contributed by atoms with Crippen LogP contribution in [0.5, 0.6) is 0 Å². The smallest absolute Gasteiger partial charge is 0.306 e. The van der Waals surface area contributed by atoms with Crippen molar-refractivity contribution in [2.75, 3.05) is 47.5 Å². The lowest BCUT2D eigenvalue weighted by Crippen LogP contribution is -2.37. The molecule has 0 saturated heterocycles. The van der Waals surface area contributed by atoms with E-state index in [1.165, 1.54) is 44.9 Å². The summed E-state index contributed by atoms with van der Waals surface area (Å²) in [5.41, 5.74) is 0. The summed E-state index contributed by atoms with van der Waals surface area (Å²) in [5, 5.41) is 0. The minimum atomic E-state index is -4.64. The molecular formula is C46H80NO8P. The van der Waals surface area contributed by atoms with Crippen LogP contribution in [0.15, 0.2) is 72.9 Å². The fourth-order valence-corrected chi connectivity index (χ4v) is 5.99. The van der Waals surface area contributed by atoms with Gasteiger partial charge in [-0.3, -0.25) is 14.2 Å². The third-order valence-electron chi connectivity index (χ3n) is 8.68. The van der Waals surface area contributed by atoms with Gasteiger partial charge in [0.1, 0.15) is 19.8 Å². The van der Waals surface area contributed by atoms with Crippen LogP contribution in [0.25, 0.3) is 0 Å². The van der Waals surface area contributed by atoms with Crippen LogP contribution in [0.1, 0.15) is 155 Å². The number of quaternary nitrogens is 1. The van der Waals surface area contributed by atoms with Crippen molar-refractivity contribution in [2.45, 2.75) is 161 Å². The lowest BCUT2D eigenvalue weighted by molar-refractivity contribution is -0.870. The number of nitrogens with zero attached hydrogens (tertiary/aromatic N) is 1. The predicted octanol–water partition coefficient (Wildman–Crippen LogP) is 11.6. The number of carbonyl (C=O) groups excluding carboxylic acids is 2. The zero-order valence-electron chi connectivity index (χ0n) is 36.1. The Kier molecular flexibility index (Phi) is 36.3. The van der Waals surface area contributed by atoms with E-state index in [1.807, 2.05) is 21.1 Å². The molecule has 0 amide bonds. The Hall–Kier alpha value is -2.55. The lowest BCUT2D eigenvalue weighted by Gasteiger charge is -2.28. The number of carbonyl (C=O) groups is 2. The standard InChI is InChI=1S/C46H80NO8P/c1-6-8-10-12-14-16-18-20-22-23-25-26-28-30-32-34-36-38-45(48)52-42-44(43-54-56(50,51)53-41-40-47(3,4)5)55-46(49)39-37-35-33-31-29-27-24-21-19-17-15-13-11-9-7-2/h10,12,16,18,21-24,26,28-29,31,44H,6-9,11,13-15,17,19-20,25,27,30,32-43H2,1-5H3/b12-10+,18-16+,23-22+,24-21+,28-26+,31-29+/t44-/m1/s1. The van der Waals surface area contributed by atoms with E-state index < -0.39 is 32.5 Å². The number of hydrogen-bond acceptors (Lipinski definition) is 8. The zero-order chi connectivity index (χ0) is 41.4. The molecule has 0 aromatic heterocycles. The molecule has 0 radical (unpaired) electrons. The quantitative estimate of drug-likeness (QED) is 0.0199. The second kappa shape index (κ2) is 38.0. The molecule has 0 fully saturated rings. The fraction of sp³-hybridized carbons (Fsp3) is 0.696. The van der Waals surface area contributed by atoms with E-state index in [0.29, 0.717) is 23.9 Å². The zero-order valence-corrected chi connectivity index (χ0v) is 36.9. The number of likely N-dealkylation sites (N-methyl/N-ethyl adjacent to an activating group) is 1. The number of phosphoric ester groups is 1. The summed E-state index contributed by atoms with van der Waals surface area (Å²) < 4.78 is 33.8. The van der Waals surface area contributed by atoms with Crippen LogP contribution in [0, 0.1) is 0 Å². The molecule has 1 unspecified atom stereocenters. The number of esters is 2. The first-order valence-corrected chi connectivity index (χ1v) is 23.1. The van der Waals surface area contributed by atoms with Crippen LogP contribution < -0.4 is 4.89 Å². The molecule has 0 N–H and O–H groups in total. The van der Waals surface area contributed by atoms with Crippen LogP contribution in [-0.2, 0) is 32.7 Å². The molecule has 0 aromatic carbocycles. The molecule has 56 heavy (non-hydrogen) atoms. The molecule has 9 nitrogen and oxygen atoms in total. The molecule has 0 aliphatic rings. The van der Waals surface area contributed by atoms with Crippen molar-refractivity contribution in [1.29, 1.82) is 0 Å². The van der Waals surface area contributed by atoms with Crippen molar-refractivity contribution < 1.29 is 42.1 Å². The van der Waals surface area contributed by atoms with Gasteiger partial charge in [0.15, 0.2) is 6.10 Å². The maximum absolute atomic E-state index is 12.6. The van der Waals surface area contributed by atoms with E-state index in [9.17, 15) is 19.0 Å². The van der Waals surface area contributed by atoms with Gasteiger partial charge in [-0.15, -0.1) is 0 Å². The van der Waals surface area contributed by atoms with Crippen LogP contribution in [0.2, 0.25) is 0 Å². The summed E-state index contributed by atoms with van der Waals surface area (Å²) in [6, 6.07) is 0. The highest BCUT2D eigenvalue weighted by Crippen LogP contribution is 2.38. The van der Waals surface area contributed by atoms with Crippen LogP contribution in [0.3, 0.4) is 0 Å². The number of ether oxygens (including phenoxy) is 2. The highest BCUT2D eigenvalue weighted by molar-refractivity contribution is 7.45. The van der Waals surface area contributed by atoms with Crippen LogP contribution >= 0.6 is 7.82 Å². The summed E-state index contributed by atoms with van der Waals surface area (Å²) in [5.74, 6) is -0.916. The van der Waals surface area contributed by atoms with E-state index in [1.54, 1.807) is 0 Å². The van der Waals surface area contributed by atoms with E-state index in [-0.39, 0.29) is 26.1 Å². The van der Waals surface area contributed by atoms with Crippen molar-refractivity contribution in [3.63, 3.8) is 0 Å². The Bertz CT molecular complexity index is 1180. The van der Waals surface area contributed by atoms with Crippen molar-refractivity contribution in [2.24, 2.45) is 0 Å². The molecule has 0 rings (SSSR count). The first-order chi connectivity index (χ1) is 27.0. The van der Waals surface area contributed by atoms with Gasteiger partial charge < -0.3 is 27.9 Å². The molecule has 0 aromatic rings. The Labute approximate surface area is 342 Å². The van der Waals surface area contributed by atoms with Crippen molar-refractivity contribution in [3.05, 3.63) is 72.9 Å². The Morgan fingerprint density at radius 3 is 1.54 bits per heavy atom. The molecule has 10 heteroatoms. The Morgan fingerprint density at radius 1 is 0.554 bits per heavy atom. The maximum atomic E-state index is 12.6. The molecular weight excluding hydrogens is 725 g/mol. The van der Waals surface area contributed by atoms with E-state index in [0.717, 1.165) is 70.6 Å². The summed E-state index contributed by atoms with van der Waals surface area (Å²) in [7, 11) is 1.11. The molecule has 0 saturated carbocycles. The van der Waals surface area contributed by atoms with Gasteiger partial charge in [0, 0.05) is 12.8 Å². The summed E-state index contributed by atoms with van der Waals surface area (Å²) in [6.45, 7) is 4.05. The SMILES string of the molecule is CCC/C=C/C/C=C/C/C=C/C/C=C/CCCCCC(=O)OC[C@H](COP(=O)([O-])OCC[N+](C)(C)C)OC(=O)CCCC/C=C/C/C=C/CCCCCCCC. The fourth-order valence-electron chi connectivity index (χ4n) is 5.26. The average Bonchev–Trinajstić information content (AvgIpc) is 3.15. The van der Waals surface area contributed by atoms with E-state index in [2.05, 4.69) is 86.8 Å². The lowest BCUT2D eigenvalue weighted by atomic mass is 10.1. The van der Waals surface area contributed by atoms with Gasteiger partial charge in [0.05, 0.1) is 27.7 Å². The van der Waals surface area contributed by atoms with Crippen molar-refractivity contribution in [1.82, 2.24) is 0 Å². The molecule has 0 spiro atoms. The molecule has 0 bridgehead atoms. The largest absolute Gasteiger partial charge is 0.756 e. The van der Waals surface area contributed by atoms with E-state index >= 15 is 0 Å². The number of phosphoric acid groups is 1. The molecule has 322 valence electrons. The van der Waals surface area contributed by atoms with Gasteiger partial charge in [0.25, 0.3) is 7.82 Å². The second-order valence-electron chi connectivity index (χ2n) is 15.3. The van der Waals surface area contributed by atoms with Crippen LogP contribution in [0.4, 0.5) is 0 Å². The van der Waals surface area contributed by atoms with Gasteiger partial charge >= 0.3 is 11.9 Å². The first-order valence-electron chi connectivity index (χ1n) is 21.6. The van der Waals surface area contributed by atoms with E-state index in [4.69, 9.17) is 18.5 Å². The van der Waals surface area contributed by atoms with Gasteiger partial charge in [0.2, 0.25) is 0 Å². The van der Waals surface area contributed by atoms with Gasteiger partial charge in [-0.05, 0) is 83.5 Å². The third-order valence-corrected chi connectivity index (χ3v) is 9.64. The number of rotatable bonds is 38. The third kappa shape index (κ3) is 41.1. The molecule has 2 atom stereocenters. The summed E-state index contributed by atoms with van der Waals surface area (Å²) in [6.07, 6.45) is 46.4. The molecule has 0 aliphatic carbocycles. The number of hydrogen-bond donors (Lipinski definition) is 0. The maximum Gasteiger partial charge on any atom is 0.306 e. The van der Waals surface area contributed by atoms with Crippen LogP contribution in [-0.4, -0.2) is 70.0 Å². The normalized spacial score (nSPS) is 14.3. The summed E-state index contributed by atoms with van der Waals surface area (Å²) in [4.78, 5) is 37.5. The Morgan fingerprint density at radius 2 is 1.00 bits per heavy atom. The second-order valence-corrected chi connectivity index (χ2v) is 16.8. The van der Waals surface area contributed by atoms with Crippen molar-refractivity contribution >= 4 is 19.8 Å².